The van der Waals surface area contributed by atoms with Crippen molar-refractivity contribution in [1.29, 1.82) is 0 Å². The fourth-order valence-corrected chi connectivity index (χ4v) is 3.56. The third-order valence-corrected chi connectivity index (χ3v) is 5.08. The van der Waals surface area contributed by atoms with Crippen LogP contribution in [0.25, 0.3) is 0 Å². The summed E-state index contributed by atoms with van der Waals surface area (Å²) in [6.45, 7) is 6.49. The Morgan fingerprint density at radius 1 is 1.22 bits per heavy atom. The molecule has 0 saturated carbocycles. The normalized spacial score (nSPS) is 17.0. The first kappa shape index (κ1) is 19.8. The summed E-state index contributed by atoms with van der Waals surface area (Å²) in [7, 11) is 0. The number of nitrogens with zero attached hydrogens (tertiary/aromatic N) is 2. The lowest BCUT2D eigenvalue weighted by atomic mass is 10.1. The number of halogens is 1. The number of nitrogens with one attached hydrogen (secondary N) is 3. The number of rotatable bonds is 5. The molecule has 27 heavy (non-hydrogen) atoms. The zero-order valence-corrected chi connectivity index (χ0v) is 16.1. The van der Waals surface area contributed by atoms with Gasteiger partial charge in [-0.15, -0.1) is 12.4 Å². The first-order chi connectivity index (χ1) is 12.8. The number of H-pyrrole nitrogens is 1. The summed E-state index contributed by atoms with van der Waals surface area (Å²) in [4.78, 5) is 15.0. The Kier molecular flexibility index (Phi) is 6.84. The number of benzene rings is 1. The zero-order valence-electron chi connectivity index (χ0n) is 15.3. The van der Waals surface area contributed by atoms with Gasteiger partial charge in [-0.1, -0.05) is 24.3 Å². The summed E-state index contributed by atoms with van der Waals surface area (Å²) in [5.74, 6) is -0.118. The van der Waals surface area contributed by atoms with E-state index in [1.807, 2.05) is 6.07 Å². The van der Waals surface area contributed by atoms with Crippen molar-refractivity contribution in [3.8, 4) is 0 Å². The molecule has 1 amide bonds. The number of aromatic amines is 1. The van der Waals surface area contributed by atoms with Crippen LogP contribution in [0.2, 0.25) is 0 Å². The van der Waals surface area contributed by atoms with Crippen molar-refractivity contribution in [3.63, 3.8) is 0 Å². The van der Waals surface area contributed by atoms with E-state index in [4.69, 9.17) is 4.74 Å². The number of fused-ring (bicyclic) bond motifs is 1. The molecule has 2 aromatic rings. The number of carbonyl (C=O) groups excluding carboxylic acids is 1. The molecule has 0 atom stereocenters. The lowest BCUT2D eigenvalue weighted by molar-refractivity contribution is 0.0340. The number of ether oxygens (including phenoxy) is 1. The van der Waals surface area contributed by atoms with Gasteiger partial charge in [0.2, 0.25) is 0 Å². The molecular weight excluding hydrogens is 366 g/mol. The Hall–Kier alpha value is -1.93. The lowest BCUT2D eigenvalue weighted by Crippen LogP contribution is -2.36. The molecular formula is C19H26ClN5O2. The summed E-state index contributed by atoms with van der Waals surface area (Å²) in [5, 5.41) is 13.6. The van der Waals surface area contributed by atoms with E-state index in [1.165, 1.54) is 5.56 Å². The third kappa shape index (κ3) is 4.68. The van der Waals surface area contributed by atoms with Gasteiger partial charge in [0.25, 0.3) is 5.91 Å². The van der Waals surface area contributed by atoms with Gasteiger partial charge in [-0.2, -0.15) is 5.10 Å². The monoisotopic (exact) mass is 391 g/mol. The molecule has 3 heterocycles. The smallest absolute Gasteiger partial charge is 0.272 e. The minimum Gasteiger partial charge on any atom is -0.379 e. The molecule has 0 spiro atoms. The molecule has 1 aromatic carbocycles. The van der Waals surface area contributed by atoms with Gasteiger partial charge in [-0.25, -0.2) is 0 Å². The molecule has 1 saturated heterocycles. The zero-order chi connectivity index (χ0) is 17.8. The van der Waals surface area contributed by atoms with Crippen LogP contribution in [0.4, 0.5) is 0 Å². The summed E-state index contributed by atoms with van der Waals surface area (Å²) in [6.07, 6.45) is 0.887. The number of amides is 1. The molecule has 8 heteroatoms. The largest absolute Gasteiger partial charge is 0.379 e. The predicted molar refractivity (Wildman–Crippen MR) is 105 cm³/mol. The second-order valence-electron chi connectivity index (χ2n) is 6.80. The van der Waals surface area contributed by atoms with E-state index in [-0.39, 0.29) is 18.3 Å². The topological polar surface area (TPSA) is 82.3 Å². The molecule has 2 aliphatic rings. The minimum atomic E-state index is -0.118. The van der Waals surface area contributed by atoms with Gasteiger partial charge in [-0.05, 0) is 11.1 Å². The maximum Gasteiger partial charge on any atom is 0.272 e. The van der Waals surface area contributed by atoms with E-state index in [1.54, 1.807) is 0 Å². The Labute approximate surface area is 165 Å². The number of morpholine rings is 1. The van der Waals surface area contributed by atoms with Gasteiger partial charge in [0.1, 0.15) is 0 Å². The quantitative estimate of drug-likeness (QED) is 0.714. The fourth-order valence-electron chi connectivity index (χ4n) is 3.56. The molecule has 3 N–H and O–H groups in total. The van der Waals surface area contributed by atoms with Crippen LogP contribution in [-0.2, 0) is 30.8 Å². The van der Waals surface area contributed by atoms with Gasteiger partial charge in [0.15, 0.2) is 5.69 Å². The van der Waals surface area contributed by atoms with Crippen molar-refractivity contribution in [2.24, 2.45) is 0 Å². The lowest BCUT2D eigenvalue weighted by Gasteiger charge is -2.27. The van der Waals surface area contributed by atoms with Crippen molar-refractivity contribution >= 4 is 18.3 Å². The van der Waals surface area contributed by atoms with Crippen LogP contribution in [0.5, 0.6) is 0 Å². The predicted octanol–water partition coefficient (Wildman–Crippen LogP) is 1.24. The van der Waals surface area contributed by atoms with Crippen LogP contribution in [0.15, 0.2) is 24.3 Å². The summed E-state index contributed by atoms with van der Waals surface area (Å²) < 4.78 is 5.42. The average Bonchev–Trinajstić information content (AvgIpc) is 3.12. The molecule has 0 unspecified atom stereocenters. The van der Waals surface area contributed by atoms with Crippen LogP contribution in [0.3, 0.4) is 0 Å². The van der Waals surface area contributed by atoms with Crippen LogP contribution in [-0.4, -0.2) is 53.9 Å². The minimum absolute atomic E-state index is 0. The van der Waals surface area contributed by atoms with E-state index in [0.717, 1.165) is 62.6 Å². The van der Waals surface area contributed by atoms with Crippen molar-refractivity contribution in [2.45, 2.75) is 26.1 Å². The van der Waals surface area contributed by atoms with Crippen LogP contribution in [0, 0.1) is 0 Å². The van der Waals surface area contributed by atoms with E-state index < -0.39 is 0 Å². The highest BCUT2D eigenvalue weighted by molar-refractivity contribution is 5.94. The van der Waals surface area contributed by atoms with Gasteiger partial charge < -0.3 is 15.4 Å². The highest BCUT2D eigenvalue weighted by Crippen LogP contribution is 2.16. The average molecular weight is 392 g/mol. The molecule has 4 rings (SSSR count). The van der Waals surface area contributed by atoms with Crippen molar-refractivity contribution in [3.05, 3.63) is 52.3 Å². The van der Waals surface area contributed by atoms with Gasteiger partial charge in [0, 0.05) is 56.9 Å². The van der Waals surface area contributed by atoms with Gasteiger partial charge in [-0.3, -0.25) is 14.8 Å². The van der Waals surface area contributed by atoms with Crippen LogP contribution < -0.4 is 10.6 Å². The number of aromatic nitrogens is 2. The summed E-state index contributed by atoms with van der Waals surface area (Å²) in [5.41, 5.74) is 4.98. The van der Waals surface area contributed by atoms with Gasteiger partial charge in [0.05, 0.1) is 13.2 Å². The second kappa shape index (κ2) is 9.32. The van der Waals surface area contributed by atoms with Crippen LogP contribution in [0.1, 0.15) is 32.9 Å². The van der Waals surface area contributed by atoms with Crippen LogP contribution >= 0.6 is 12.4 Å². The molecule has 146 valence electrons. The highest BCUT2D eigenvalue weighted by atomic mass is 35.5. The molecule has 0 bridgehead atoms. The van der Waals surface area contributed by atoms with E-state index in [9.17, 15) is 4.79 Å². The van der Waals surface area contributed by atoms with Crippen molar-refractivity contribution in [1.82, 2.24) is 25.7 Å². The molecule has 1 aromatic heterocycles. The maximum absolute atomic E-state index is 12.6. The van der Waals surface area contributed by atoms with E-state index in [0.29, 0.717) is 18.8 Å². The maximum atomic E-state index is 12.6. The Bertz CT molecular complexity index is 773. The summed E-state index contributed by atoms with van der Waals surface area (Å²) in [6, 6.07) is 8.29. The molecule has 1 fully saturated rings. The number of carbonyl (C=O) groups is 1. The SMILES string of the molecule is Cl.O=C(NCc1ccccc1CN1CCOCC1)c1n[nH]c2c1CNCC2. The first-order valence-corrected chi connectivity index (χ1v) is 9.23. The Morgan fingerprint density at radius 3 is 2.81 bits per heavy atom. The van der Waals surface area contributed by atoms with E-state index in [2.05, 4.69) is 43.9 Å². The van der Waals surface area contributed by atoms with Crippen molar-refractivity contribution in [2.75, 3.05) is 32.8 Å². The molecule has 0 aliphatic carbocycles. The first-order valence-electron chi connectivity index (χ1n) is 9.23. The third-order valence-electron chi connectivity index (χ3n) is 5.08. The molecule has 7 nitrogen and oxygen atoms in total. The molecule has 2 aliphatic heterocycles. The standard InChI is InChI=1S/C19H25N5O2.ClH/c25-19(18-16-12-20-6-5-17(16)22-23-18)21-11-14-3-1-2-4-15(14)13-24-7-9-26-10-8-24;/h1-4,20H,5-13H2,(H,21,25)(H,22,23);1H. The fraction of sp³-hybridized carbons (Fsp3) is 0.474. The Balaban J connectivity index is 0.00000210. The highest BCUT2D eigenvalue weighted by Gasteiger charge is 2.21. The van der Waals surface area contributed by atoms with Crippen molar-refractivity contribution < 1.29 is 9.53 Å². The summed E-state index contributed by atoms with van der Waals surface area (Å²) >= 11 is 0. The number of hydrogen-bond acceptors (Lipinski definition) is 5. The second-order valence-corrected chi connectivity index (χ2v) is 6.80. The van der Waals surface area contributed by atoms with E-state index >= 15 is 0 Å². The number of hydrogen-bond donors (Lipinski definition) is 3. The van der Waals surface area contributed by atoms with Gasteiger partial charge >= 0.3 is 0 Å². The Morgan fingerprint density at radius 2 is 2.00 bits per heavy atom. The molecule has 0 radical (unpaired) electrons.